The summed E-state index contributed by atoms with van der Waals surface area (Å²) in [7, 11) is -19.8. The van der Waals surface area contributed by atoms with E-state index in [-0.39, 0.29) is 39.6 Å². The summed E-state index contributed by atoms with van der Waals surface area (Å²) < 4.78 is 75.7. The highest BCUT2D eigenvalue weighted by Gasteiger charge is 2.40. The quantitative estimate of drug-likeness (QED) is 0.0245. The zero-order valence-electron chi connectivity index (χ0n) is 79.0. The largest absolute Gasteiger partial charge is 0.455 e. The molecule has 0 aromatic rings. The third-order valence-corrected chi connectivity index (χ3v) is 66.2. The molecule has 0 aromatic heterocycles. The SMILES string of the molecule is CCCC[Si](C)(C)O[Si](C)(C)CCCOCC(CO)(CO)COCCC[Si](C)(C)O[Si](C)(C)CCCC.CCCC[Si](C)(C)O[Si](C)(C)CCCOCC(CO)(CO)COCCC[Si](C)(C)O[Si](C)(C)CCCC.CCCC[Si](C)(C)O[Si](C)(C)CCCOCC(CO)(CO)COCCC[Si](C)(C)O[Si](C)(C)CCCC. The molecule has 0 aliphatic heterocycles. The van der Waals surface area contributed by atoms with E-state index < -0.39 is 116 Å². The zero-order valence-corrected chi connectivity index (χ0v) is 91.0. The van der Waals surface area contributed by atoms with Crippen molar-refractivity contribution in [3.63, 3.8) is 0 Å². The molecule has 0 saturated heterocycles. The summed E-state index contributed by atoms with van der Waals surface area (Å²) >= 11 is 0. The Morgan fingerprint density at radius 2 is 0.270 bits per heavy atom. The smallest absolute Gasteiger partial charge is 0.173 e. The Kier molecular flexibility index (Phi) is 62.9. The van der Waals surface area contributed by atoms with E-state index >= 15 is 0 Å². The number of unbranched alkanes of at least 4 members (excludes halogenated alkanes) is 6. The second kappa shape index (κ2) is 59.6. The van der Waals surface area contributed by atoms with Gasteiger partial charge in [-0.1, -0.05) is 119 Å². The standard InChI is InChI=1S/3C27H64O6Si4/c3*1-11-13-19-34(3,4)32-36(7,8)21-15-17-30-25-27(23-28,24-29)26-31-18-16-22-37(9,10)33-35(5,6)20-14-12-2/h3*28-29H,11-26H2,1-10H3. The molecule has 18 nitrogen and oxygen atoms in total. The van der Waals surface area contributed by atoms with Crippen molar-refractivity contribution in [1.29, 1.82) is 0 Å². The van der Waals surface area contributed by atoms with Crippen molar-refractivity contribution in [1.82, 2.24) is 0 Å². The Bertz CT molecular complexity index is 1850. The molecule has 0 amide bonds. The van der Waals surface area contributed by atoms with Crippen molar-refractivity contribution in [3.05, 3.63) is 0 Å². The van der Waals surface area contributed by atoms with Crippen LogP contribution in [-0.2, 0) is 53.1 Å². The van der Waals surface area contributed by atoms with Gasteiger partial charge >= 0.3 is 0 Å². The van der Waals surface area contributed by atoms with E-state index in [0.29, 0.717) is 79.3 Å². The lowest BCUT2D eigenvalue weighted by atomic mass is 9.92. The van der Waals surface area contributed by atoms with Crippen LogP contribution in [0.1, 0.15) is 157 Å². The number of ether oxygens (including phenoxy) is 6. The summed E-state index contributed by atoms with van der Waals surface area (Å²) in [5.74, 6) is 0. The average molecular weight is 1790 g/mol. The lowest BCUT2D eigenvalue weighted by Crippen LogP contribution is -2.44. The summed E-state index contributed by atoms with van der Waals surface area (Å²) in [6, 6.07) is 13.8. The zero-order chi connectivity index (χ0) is 85.9. The number of aliphatic hydroxyl groups excluding tert-OH is 6. The third-order valence-electron chi connectivity index (χ3n) is 21.0. The lowest BCUT2D eigenvalue weighted by molar-refractivity contribution is -0.0769. The molecular formula is C81H192O18Si12. The molecule has 30 heteroatoms. The van der Waals surface area contributed by atoms with Crippen LogP contribution >= 0.6 is 0 Å². The molecule has 672 valence electrons. The molecule has 0 heterocycles. The van der Waals surface area contributed by atoms with Gasteiger partial charge in [0, 0.05) is 39.6 Å². The number of hydrogen-bond acceptors (Lipinski definition) is 18. The number of rotatable bonds is 72. The second-order valence-corrected chi connectivity index (χ2v) is 93.9. The Morgan fingerprint density at radius 3 is 0.360 bits per heavy atom. The van der Waals surface area contributed by atoms with Crippen molar-refractivity contribution in [2.24, 2.45) is 16.2 Å². The molecule has 0 unspecified atom stereocenters. The van der Waals surface area contributed by atoms with Crippen LogP contribution in [0.4, 0.5) is 0 Å². The molecule has 0 aromatic carbocycles. The first-order valence-corrected chi connectivity index (χ1v) is 81.9. The predicted molar refractivity (Wildman–Crippen MR) is 506 cm³/mol. The Balaban J connectivity index is -0.00000158. The van der Waals surface area contributed by atoms with Crippen LogP contribution in [0.5, 0.6) is 0 Å². The molecule has 0 aliphatic rings. The van der Waals surface area contributed by atoms with Gasteiger partial charge in [0.05, 0.1) is 95.5 Å². The fraction of sp³-hybridized carbons (Fsp3) is 1.00. The molecule has 0 atom stereocenters. The maximum Gasteiger partial charge on any atom is 0.173 e. The number of hydrogen-bond donors (Lipinski definition) is 6. The Hall–Kier alpha value is 1.88. The van der Waals surface area contributed by atoms with E-state index in [9.17, 15) is 30.6 Å². The van der Waals surface area contributed by atoms with E-state index in [1.54, 1.807) is 0 Å². The van der Waals surface area contributed by atoms with Crippen LogP contribution in [0.2, 0.25) is 230 Å². The van der Waals surface area contributed by atoms with Crippen molar-refractivity contribution < 1.29 is 83.8 Å². The fourth-order valence-electron chi connectivity index (χ4n) is 14.9. The normalized spacial score (nSPS) is 13.9. The summed E-state index contributed by atoms with van der Waals surface area (Å²) in [4.78, 5) is 0. The first-order valence-electron chi connectivity index (χ1n) is 44.5. The van der Waals surface area contributed by atoms with Gasteiger partial charge in [0.2, 0.25) is 0 Å². The maximum absolute atomic E-state index is 10.0. The van der Waals surface area contributed by atoms with Crippen LogP contribution < -0.4 is 0 Å². The minimum atomic E-state index is -1.72. The molecule has 0 bridgehead atoms. The average Bonchev–Trinajstić information content (AvgIpc) is 0.878. The predicted octanol–water partition coefficient (Wildman–Crippen LogP) is 21.7. The monoisotopic (exact) mass is 1790 g/mol. The Morgan fingerprint density at radius 1 is 0.171 bits per heavy atom. The minimum absolute atomic E-state index is 0.148. The van der Waals surface area contributed by atoms with E-state index in [0.717, 1.165) is 74.8 Å². The van der Waals surface area contributed by atoms with Gasteiger partial charge in [0.15, 0.2) is 99.8 Å². The van der Waals surface area contributed by atoms with Crippen molar-refractivity contribution in [2.75, 3.05) is 119 Å². The van der Waals surface area contributed by atoms with Gasteiger partial charge in [-0.25, -0.2) is 0 Å². The summed E-state index contributed by atoms with van der Waals surface area (Å²) in [6.45, 7) is 74.0. The second-order valence-electron chi connectivity index (χ2n) is 40.7. The molecule has 0 radical (unpaired) electrons. The van der Waals surface area contributed by atoms with Gasteiger partial charge in [0.1, 0.15) is 0 Å². The summed E-state index contributed by atoms with van der Waals surface area (Å²) in [6.07, 6.45) is 20.6. The maximum atomic E-state index is 10.0. The van der Waals surface area contributed by atoms with Crippen molar-refractivity contribution in [2.45, 2.75) is 387 Å². The van der Waals surface area contributed by atoms with Gasteiger partial charge in [-0.15, -0.1) is 0 Å². The highest BCUT2D eigenvalue weighted by Crippen LogP contribution is 2.32. The van der Waals surface area contributed by atoms with E-state index in [1.807, 2.05) is 0 Å². The highest BCUT2D eigenvalue weighted by atomic mass is 28.4. The molecule has 0 spiro atoms. The van der Waals surface area contributed by atoms with Crippen molar-refractivity contribution in [3.8, 4) is 0 Å². The topological polar surface area (TPSA) is 232 Å². The van der Waals surface area contributed by atoms with E-state index in [1.165, 1.54) is 113 Å². The van der Waals surface area contributed by atoms with E-state index in [2.05, 4.69) is 199 Å². The van der Waals surface area contributed by atoms with Crippen LogP contribution in [0.25, 0.3) is 0 Å². The van der Waals surface area contributed by atoms with Crippen molar-refractivity contribution >= 4 is 99.8 Å². The van der Waals surface area contributed by atoms with Gasteiger partial charge in [-0.05, 0) is 268 Å². The van der Waals surface area contributed by atoms with Gasteiger partial charge in [-0.3, -0.25) is 0 Å². The van der Waals surface area contributed by atoms with Gasteiger partial charge in [-0.2, -0.15) is 0 Å². The number of aliphatic hydroxyl groups is 6. The van der Waals surface area contributed by atoms with Crippen LogP contribution in [-0.4, -0.2) is 249 Å². The van der Waals surface area contributed by atoms with Crippen LogP contribution in [0, 0.1) is 16.2 Å². The van der Waals surface area contributed by atoms with E-state index in [4.69, 9.17) is 53.1 Å². The highest BCUT2D eigenvalue weighted by molar-refractivity contribution is 6.88. The van der Waals surface area contributed by atoms with Gasteiger partial charge < -0.3 is 83.8 Å². The summed E-state index contributed by atoms with van der Waals surface area (Å²) in [5.41, 5.74) is -2.26. The molecule has 0 rings (SSSR count). The molecule has 111 heavy (non-hydrogen) atoms. The minimum Gasteiger partial charge on any atom is -0.455 e. The Labute approximate surface area is 700 Å². The molecule has 0 fully saturated rings. The lowest BCUT2D eigenvalue weighted by Gasteiger charge is -2.34. The summed E-state index contributed by atoms with van der Waals surface area (Å²) in [5, 5.41) is 60.0. The molecular weight excluding hydrogens is 1600 g/mol. The van der Waals surface area contributed by atoms with Crippen LogP contribution in [0.3, 0.4) is 0 Å². The first kappa shape index (κ1) is 117. The molecule has 0 aliphatic carbocycles. The molecule has 6 N–H and O–H groups in total. The van der Waals surface area contributed by atoms with Gasteiger partial charge in [0.25, 0.3) is 0 Å². The molecule has 0 saturated carbocycles. The fourth-order valence-corrected chi connectivity index (χ4v) is 68.9. The first-order chi connectivity index (χ1) is 51.2. The van der Waals surface area contributed by atoms with Crippen LogP contribution in [0.15, 0.2) is 0 Å². The third kappa shape index (κ3) is 63.5.